The van der Waals surface area contributed by atoms with E-state index in [1.54, 1.807) is 24.0 Å². The molecular weight excluding hydrogens is 312 g/mol. The van der Waals surface area contributed by atoms with Crippen LogP contribution in [-0.4, -0.2) is 74.2 Å². The van der Waals surface area contributed by atoms with Gasteiger partial charge in [-0.15, -0.1) is 0 Å². The van der Waals surface area contributed by atoms with Crippen LogP contribution in [0.1, 0.15) is 30.3 Å². The van der Waals surface area contributed by atoms with Crippen LogP contribution >= 0.6 is 0 Å². The maximum absolute atomic E-state index is 12.5. The second-order valence-corrected chi connectivity index (χ2v) is 5.63. The average molecular weight is 338 g/mol. The number of rotatable bonds is 9. The van der Waals surface area contributed by atoms with E-state index in [9.17, 15) is 9.59 Å². The molecule has 1 fully saturated rings. The number of carbonyl (C=O) groups is 2. The molecule has 0 radical (unpaired) electrons. The van der Waals surface area contributed by atoms with Crippen LogP contribution in [0, 0.1) is 0 Å². The SMILES string of the molecule is CCOC(=O)CCN(CCCN1CCOCC1)C(=O)c1ccco1. The Morgan fingerprint density at radius 1 is 1.29 bits per heavy atom. The summed E-state index contributed by atoms with van der Waals surface area (Å²) in [5, 5.41) is 0. The molecule has 24 heavy (non-hydrogen) atoms. The van der Waals surface area contributed by atoms with E-state index in [4.69, 9.17) is 13.9 Å². The van der Waals surface area contributed by atoms with Gasteiger partial charge in [0.25, 0.3) is 5.91 Å². The van der Waals surface area contributed by atoms with E-state index in [0.29, 0.717) is 25.5 Å². The lowest BCUT2D eigenvalue weighted by Crippen LogP contribution is -2.39. The van der Waals surface area contributed by atoms with Gasteiger partial charge in [-0.2, -0.15) is 0 Å². The molecule has 0 unspecified atom stereocenters. The molecule has 134 valence electrons. The summed E-state index contributed by atoms with van der Waals surface area (Å²) >= 11 is 0. The summed E-state index contributed by atoms with van der Waals surface area (Å²) in [5.41, 5.74) is 0. The fourth-order valence-corrected chi connectivity index (χ4v) is 2.64. The van der Waals surface area contributed by atoms with Crippen LogP contribution in [0.3, 0.4) is 0 Å². The van der Waals surface area contributed by atoms with Crippen LogP contribution in [0.2, 0.25) is 0 Å². The minimum absolute atomic E-state index is 0.189. The number of morpholine rings is 1. The van der Waals surface area contributed by atoms with Crippen LogP contribution in [0.25, 0.3) is 0 Å². The highest BCUT2D eigenvalue weighted by molar-refractivity contribution is 5.91. The average Bonchev–Trinajstić information content (AvgIpc) is 3.13. The molecule has 2 heterocycles. The van der Waals surface area contributed by atoms with Crippen LogP contribution in [0.5, 0.6) is 0 Å². The number of hydrogen-bond donors (Lipinski definition) is 0. The second-order valence-electron chi connectivity index (χ2n) is 5.63. The fraction of sp³-hybridized carbons (Fsp3) is 0.647. The molecule has 1 aromatic rings. The lowest BCUT2D eigenvalue weighted by molar-refractivity contribution is -0.143. The Kier molecular flexibility index (Phi) is 7.77. The summed E-state index contributed by atoms with van der Waals surface area (Å²) in [7, 11) is 0. The van der Waals surface area contributed by atoms with Crippen molar-refractivity contribution in [3.63, 3.8) is 0 Å². The van der Waals surface area contributed by atoms with Gasteiger partial charge in [-0.25, -0.2) is 0 Å². The van der Waals surface area contributed by atoms with E-state index >= 15 is 0 Å². The lowest BCUT2D eigenvalue weighted by atomic mass is 10.2. The molecule has 2 rings (SSSR count). The van der Waals surface area contributed by atoms with Gasteiger partial charge in [0.2, 0.25) is 0 Å². The molecule has 7 heteroatoms. The molecule has 0 bridgehead atoms. The molecule has 1 aliphatic heterocycles. The number of hydrogen-bond acceptors (Lipinski definition) is 6. The van der Waals surface area contributed by atoms with Gasteiger partial charge in [0.05, 0.1) is 32.5 Å². The number of nitrogens with zero attached hydrogens (tertiary/aromatic N) is 2. The highest BCUT2D eigenvalue weighted by atomic mass is 16.5. The first-order valence-corrected chi connectivity index (χ1v) is 8.49. The molecular formula is C17H26N2O5. The van der Waals surface area contributed by atoms with Crippen molar-refractivity contribution in [3.05, 3.63) is 24.2 Å². The van der Waals surface area contributed by atoms with Gasteiger partial charge in [0, 0.05) is 32.7 Å². The molecule has 1 saturated heterocycles. The zero-order valence-corrected chi connectivity index (χ0v) is 14.2. The molecule has 0 aliphatic carbocycles. The second kappa shape index (κ2) is 10.1. The molecule has 7 nitrogen and oxygen atoms in total. The predicted molar refractivity (Wildman–Crippen MR) is 87.7 cm³/mol. The molecule has 0 atom stereocenters. The van der Waals surface area contributed by atoms with Crippen LogP contribution in [0.15, 0.2) is 22.8 Å². The summed E-state index contributed by atoms with van der Waals surface area (Å²) in [5.74, 6) is -0.181. The van der Waals surface area contributed by atoms with Crippen molar-refractivity contribution >= 4 is 11.9 Å². The summed E-state index contributed by atoms with van der Waals surface area (Å²) < 4.78 is 15.5. The first kappa shape index (κ1) is 18.5. The molecule has 0 aromatic carbocycles. The van der Waals surface area contributed by atoms with Crippen molar-refractivity contribution in [2.24, 2.45) is 0 Å². The minimum atomic E-state index is -0.289. The van der Waals surface area contributed by atoms with Gasteiger partial charge >= 0.3 is 5.97 Å². The third-order valence-electron chi connectivity index (χ3n) is 3.92. The van der Waals surface area contributed by atoms with Crippen molar-refractivity contribution in [3.8, 4) is 0 Å². The summed E-state index contributed by atoms with van der Waals surface area (Å²) in [4.78, 5) is 28.1. The van der Waals surface area contributed by atoms with Gasteiger partial charge in [-0.1, -0.05) is 0 Å². The zero-order chi connectivity index (χ0) is 17.2. The molecule has 1 amide bonds. The summed E-state index contributed by atoms with van der Waals surface area (Å²) in [6.45, 7) is 7.32. The van der Waals surface area contributed by atoms with E-state index in [0.717, 1.165) is 39.3 Å². The Bertz CT molecular complexity index is 497. The van der Waals surface area contributed by atoms with Crippen LogP contribution in [0.4, 0.5) is 0 Å². The van der Waals surface area contributed by atoms with Gasteiger partial charge < -0.3 is 18.8 Å². The molecule has 0 N–H and O–H groups in total. The predicted octanol–water partition coefficient (Wildman–Crippen LogP) is 1.40. The van der Waals surface area contributed by atoms with Gasteiger partial charge in [0.1, 0.15) is 0 Å². The van der Waals surface area contributed by atoms with Crippen LogP contribution in [-0.2, 0) is 14.3 Å². The van der Waals surface area contributed by atoms with Crippen LogP contribution < -0.4 is 0 Å². The standard InChI is InChI=1S/C17H26N2O5/c1-2-23-16(20)6-9-19(17(21)15-5-3-12-24-15)8-4-7-18-10-13-22-14-11-18/h3,5,12H,2,4,6-11,13-14H2,1H3. The quantitative estimate of drug-likeness (QED) is 0.634. The Labute approximate surface area is 142 Å². The van der Waals surface area contributed by atoms with Crippen molar-refractivity contribution < 1.29 is 23.5 Å². The minimum Gasteiger partial charge on any atom is -0.466 e. The number of ether oxygens (including phenoxy) is 2. The van der Waals surface area contributed by atoms with E-state index in [1.165, 1.54) is 6.26 Å². The van der Waals surface area contributed by atoms with Crippen molar-refractivity contribution in [2.75, 3.05) is 52.5 Å². The van der Waals surface area contributed by atoms with Gasteiger partial charge in [0.15, 0.2) is 5.76 Å². The Morgan fingerprint density at radius 3 is 2.75 bits per heavy atom. The van der Waals surface area contributed by atoms with E-state index < -0.39 is 0 Å². The highest BCUT2D eigenvalue weighted by Crippen LogP contribution is 2.08. The topological polar surface area (TPSA) is 72.2 Å². The summed E-state index contributed by atoms with van der Waals surface area (Å²) in [6.07, 6.45) is 2.51. The normalized spacial score (nSPS) is 15.2. The lowest BCUT2D eigenvalue weighted by Gasteiger charge is -2.28. The van der Waals surface area contributed by atoms with Crippen molar-refractivity contribution in [1.29, 1.82) is 0 Å². The molecule has 0 saturated carbocycles. The Hall–Kier alpha value is -1.86. The van der Waals surface area contributed by atoms with E-state index in [-0.39, 0.29) is 18.3 Å². The monoisotopic (exact) mass is 338 g/mol. The Balaban J connectivity index is 1.84. The van der Waals surface area contributed by atoms with Gasteiger partial charge in [-0.3, -0.25) is 14.5 Å². The number of carbonyl (C=O) groups excluding carboxylic acids is 2. The fourth-order valence-electron chi connectivity index (χ4n) is 2.64. The first-order valence-electron chi connectivity index (χ1n) is 8.49. The summed E-state index contributed by atoms with van der Waals surface area (Å²) in [6, 6.07) is 3.33. The van der Waals surface area contributed by atoms with E-state index in [2.05, 4.69) is 4.90 Å². The van der Waals surface area contributed by atoms with E-state index in [1.807, 2.05) is 0 Å². The zero-order valence-electron chi connectivity index (χ0n) is 14.2. The number of esters is 1. The third kappa shape index (κ3) is 5.98. The first-order chi connectivity index (χ1) is 11.7. The smallest absolute Gasteiger partial charge is 0.307 e. The molecule has 1 aromatic heterocycles. The maximum atomic E-state index is 12.5. The third-order valence-corrected chi connectivity index (χ3v) is 3.92. The largest absolute Gasteiger partial charge is 0.466 e. The molecule has 0 spiro atoms. The van der Waals surface area contributed by atoms with Gasteiger partial charge in [-0.05, 0) is 25.5 Å². The molecule has 1 aliphatic rings. The number of amides is 1. The Morgan fingerprint density at radius 2 is 2.08 bits per heavy atom. The van der Waals surface area contributed by atoms with Crippen molar-refractivity contribution in [1.82, 2.24) is 9.80 Å². The highest BCUT2D eigenvalue weighted by Gasteiger charge is 2.20. The van der Waals surface area contributed by atoms with Crippen molar-refractivity contribution in [2.45, 2.75) is 19.8 Å². The maximum Gasteiger partial charge on any atom is 0.307 e. The number of furan rings is 1.